The standard InChI is InChI=1S/C13H21NS/c1-11(13-5-3-2-4-6-13)14-9-12-7-8-15-10-12/h7-8,10-11,13-14H,2-6,9H2,1H3. The van der Waals surface area contributed by atoms with Crippen LogP contribution in [0.4, 0.5) is 0 Å². The number of hydrogen-bond acceptors (Lipinski definition) is 2. The molecule has 1 aromatic rings. The van der Waals surface area contributed by atoms with Crippen molar-refractivity contribution in [1.29, 1.82) is 0 Å². The molecule has 1 aliphatic carbocycles. The minimum Gasteiger partial charge on any atom is -0.310 e. The van der Waals surface area contributed by atoms with Crippen molar-refractivity contribution in [3.05, 3.63) is 22.4 Å². The van der Waals surface area contributed by atoms with E-state index in [1.54, 1.807) is 11.3 Å². The van der Waals surface area contributed by atoms with Crippen molar-refractivity contribution in [2.24, 2.45) is 5.92 Å². The maximum atomic E-state index is 3.66. The van der Waals surface area contributed by atoms with Crippen molar-refractivity contribution in [1.82, 2.24) is 5.32 Å². The van der Waals surface area contributed by atoms with Crippen LogP contribution in [0.1, 0.15) is 44.6 Å². The van der Waals surface area contributed by atoms with Gasteiger partial charge in [-0.3, -0.25) is 0 Å². The van der Waals surface area contributed by atoms with Gasteiger partial charge in [0.05, 0.1) is 0 Å². The van der Waals surface area contributed by atoms with Gasteiger partial charge in [-0.05, 0) is 48.1 Å². The Morgan fingerprint density at radius 3 is 2.87 bits per heavy atom. The first kappa shape index (κ1) is 11.2. The fourth-order valence-electron chi connectivity index (χ4n) is 2.47. The van der Waals surface area contributed by atoms with Gasteiger partial charge in [0.1, 0.15) is 0 Å². The molecule has 0 aromatic carbocycles. The lowest BCUT2D eigenvalue weighted by molar-refractivity contribution is 0.280. The summed E-state index contributed by atoms with van der Waals surface area (Å²) < 4.78 is 0. The molecular formula is C13H21NS. The molecule has 0 amide bonds. The van der Waals surface area contributed by atoms with Crippen molar-refractivity contribution in [2.75, 3.05) is 0 Å². The Morgan fingerprint density at radius 2 is 2.20 bits per heavy atom. The third-order valence-corrected chi connectivity index (χ3v) is 4.30. The summed E-state index contributed by atoms with van der Waals surface area (Å²) in [5.74, 6) is 0.914. The van der Waals surface area contributed by atoms with E-state index in [1.165, 1.54) is 37.7 Å². The maximum absolute atomic E-state index is 3.66. The second-order valence-electron chi connectivity index (χ2n) is 4.70. The Hall–Kier alpha value is -0.340. The van der Waals surface area contributed by atoms with Crippen LogP contribution in [0.2, 0.25) is 0 Å². The highest BCUT2D eigenvalue weighted by Crippen LogP contribution is 2.26. The maximum Gasteiger partial charge on any atom is 0.0216 e. The second-order valence-corrected chi connectivity index (χ2v) is 5.48. The number of rotatable bonds is 4. The first-order valence-electron chi connectivity index (χ1n) is 6.11. The van der Waals surface area contributed by atoms with Gasteiger partial charge in [0.15, 0.2) is 0 Å². The van der Waals surface area contributed by atoms with Gasteiger partial charge in [0, 0.05) is 12.6 Å². The van der Waals surface area contributed by atoms with Crippen molar-refractivity contribution in [3.8, 4) is 0 Å². The minimum absolute atomic E-state index is 0.685. The molecule has 0 spiro atoms. The molecule has 1 unspecified atom stereocenters. The van der Waals surface area contributed by atoms with Gasteiger partial charge in [-0.25, -0.2) is 0 Å². The van der Waals surface area contributed by atoms with Gasteiger partial charge in [0.25, 0.3) is 0 Å². The number of thiophene rings is 1. The van der Waals surface area contributed by atoms with Crippen LogP contribution < -0.4 is 5.32 Å². The van der Waals surface area contributed by atoms with Crippen LogP contribution in [0.25, 0.3) is 0 Å². The third kappa shape index (κ3) is 3.32. The summed E-state index contributed by atoms with van der Waals surface area (Å²) >= 11 is 1.79. The zero-order valence-electron chi connectivity index (χ0n) is 9.54. The lowest BCUT2D eigenvalue weighted by Gasteiger charge is -2.28. The molecule has 0 radical (unpaired) electrons. The van der Waals surface area contributed by atoms with Gasteiger partial charge in [-0.15, -0.1) is 0 Å². The minimum atomic E-state index is 0.685. The van der Waals surface area contributed by atoms with E-state index in [0.29, 0.717) is 6.04 Å². The number of nitrogens with one attached hydrogen (secondary N) is 1. The predicted molar refractivity (Wildman–Crippen MR) is 67.2 cm³/mol. The Kier molecular flexibility index (Phi) is 4.21. The van der Waals surface area contributed by atoms with Crippen LogP contribution >= 0.6 is 11.3 Å². The SMILES string of the molecule is CC(NCc1ccsc1)C1CCCCC1. The van der Waals surface area contributed by atoms with Crippen LogP contribution in [0.15, 0.2) is 16.8 Å². The van der Waals surface area contributed by atoms with Crippen molar-refractivity contribution < 1.29 is 0 Å². The summed E-state index contributed by atoms with van der Waals surface area (Å²) in [6.07, 6.45) is 7.19. The monoisotopic (exact) mass is 223 g/mol. The molecule has 1 heterocycles. The van der Waals surface area contributed by atoms with E-state index >= 15 is 0 Å². The summed E-state index contributed by atoms with van der Waals surface area (Å²) in [6.45, 7) is 3.39. The molecule has 1 saturated carbocycles. The van der Waals surface area contributed by atoms with Gasteiger partial charge in [-0.2, -0.15) is 11.3 Å². The highest BCUT2D eigenvalue weighted by molar-refractivity contribution is 7.07. The van der Waals surface area contributed by atoms with Gasteiger partial charge in [-0.1, -0.05) is 19.3 Å². The first-order chi connectivity index (χ1) is 7.36. The van der Waals surface area contributed by atoms with E-state index in [9.17, 15) is 0 Å². The van der Waals surface area contributed by atoms with Crippen molar-refractivity contribution in [2.45, 2.75) is 51.6 Å². The number of hydrogen-bond donors (Lipinski definition) is 1. The van der Waals surface area contributed by atoms with Gasteiger partial charge >= 0.3 is 0 Å². The van der Waals surface area contributed by atoms with E-state index in [0.717, 1.165) is 12.5 Å². The van der Waals surface area contributed by atoms with Crippen molar-refractivity contribution >= 4 is 11.3 Å². The molecule has 0 aliphatic heterocycles. The van der Waals surface area contributed by atoms with E-state index in [2.05, 4.69) is 29.1 Å². The summed E-state index contributed by atoms with van der Waals surface area (Å²) in [7, 11) is 0. The lowest BCUT2D eigenvalue weighted by Crippen LogP contribution is -2.34. The first-order valence-corrected chi connectivity index (χ1v) is 7.05. The summed E-state index contributed by atoms with van der Waals surface area (Å²) in [4.78, 5) is 0. The molecule has 1 aromatic heterocycles. The molecule has 84 valence electrons. The fraction of sp³-hybridized carbons (Fsp3) is 0.692. The van der Waals surface area contributed by atoms with E-state index in [1.807, 2.05) is 0 Å². The van der Waals surface area contributed by atoms with Crippen LogP contribution in [0.3, 0.4) is 0 Å². The average molecular weight is 223 g/mol. The van der Waals surface area contributed by atoms with Gasteiger partial charge < -0.3 is 5.32 Å². The second kappa shape index (κ2) is 5.66. The summed E-state index contributed by atoms with van der Waals surface area (Å²) in [5.41, 5.74) is 1.43. The van der Waals surface area contributed by atoms with E-state index in [4.69, 9.17) is 0 Å². The largest absolute Gasteiger partial charge is 0.310 e. The average Bonchev–Trinajstić information content (AvgIpc) is 2.80. The Bertz CT molecular complexity index is 262. The molecule has 2 rings (SSSR count). The quantitative estimate of drug-likeness (QED) is 0.818. The summed E-state index contributed by atoms with van der Waals surface area (Å²) in [5, 5.41) is 8.05. The normalized spacial score (nSPS) is 20.3. The predicted octanol–water partition coefficient (Wildman–Crippen LogP) is 3.81. The molecule has 15 heavy (non-hydrogen) atoms. The van der Waals surface area contributed by atoms with E-state index < -0.39 is 0 Å². The molecule has 1 fully saturated rings. The van der Waals surface area contributed by atoms with Gasteiger partial charge in [0.2, 0.25) is 0 Å². The molecule has 1 aliphatic rings. The summed E-state index contributed by atoms with van der Waals surface area (Å²) in [6, 6.07) is 2.90. The Morgan fingerprint density at radius 1 is 1.40 bits per heavy atom. The fourth-order valence-corrected chi connectivity index (χ4v) is 3.14. The van der Waals surface area contributed by atoms with Crippen LogP contribution in [-0.2, 0) is 6.54 Å². The van der Waals surface area contributed by atoms with Crippen molar-refractivity contribution in [3.63, 3.8) is 0 Å². The van der Waals surface area contributed by atoms with E-state index in [-0.39, 0.29) is 0 Å². The Balaban J connectivity index is 1.74. The highest BCUT2D eigenvalue weighted by atomic mass is 32.1. The molecule has 1 nitrogen and oxygen atoms in total. The topological polar surface area (TPSA) is 12.0 Å². The zero-order valence-corrected chi connectivity index (χ0v) is 10.4. The zero-order chi connectivity index (χ0) is 10.5. The third-order valence-electron chi connectivity index (χ3n) is 3.57. The van der Waals surface area contributed by atoms with Crippen LogP contribution in [0, 0.1) is 5.92 Å². The smallest absolute Gasteiger partial charge is 0.0216 e. The van der Waals surface area contributed by atoms with Crippen LogP contribution in [0.5, 0.6) is 0 Å². The lowest BCUT2D eigenvalue weighted by atomic mass is 9.84. The Labute approximate surface area is 96.9 Å². The molecule has 2 heteroatoms. The molecular weight excluding hydrogens is 202 g/mol. The molecule has 1 atom stereocenters. The highest BCUT2D eigenvalue weighted by Gasteiger charge is 2.19. The molecule has 0 saturated heterocycles. The molecule has 1 N–H and O–H groups in total. The molecule has 0 bridgehead atoms. The van der Waals surface area contributed by atoms with Crippen LogP contribution in [-0.4, -0.2) is 6.04 Å².